The fraction of sp³-hybridized carbons (Fsp3) is 0.208. The van der Waals surface area contributed by atoms with E-state index >= 15 is 0 Å². The number of rotatable bonds is 4. The van der Waals surface area contributed by atoms with Crippen molar-refractivity contribution >= 4 is 23.1 Å². The number of para-hydroxylation sites is 1. The molecule has 138 valence electrons. The van der Waals surface area contributed by atoms with Crippen LogP contribution in [0.4, 0.5) is 4.79 Å². The third-order valence-electron chi connectivity index (χ3n) is 4.24. The molecule has 0 spiro atoms. The average molecular weight is 359 g/mol. The first kappa shape index (κ1) is 18.7. The number of carbonyl (C=O) groups is 1. The van der Waals surface area contributed by atoms with E-state index < -0.39 is 5.60 Å². The van der Waals surface area contributed by atoms with Gasteiger partial charge in [-0.2, -0.15) is 0 Å². The lowest BCUT2D eigenvalue weighted by Gasteiger charge is -2.19. The van der Waals surface area contributed by atoms with E-state index in [0.717, 1.165) is 22.0 Å². The summed E-state index contributed by atoms with van der Waals surface area (Å²) in [4.78, 5) is 12.7. The monoisotopic (exact) mass is 359 g/mol. The molecule has 1 heterocycles. The Morgan fingerprint density at radius 1 is 1.07 bits per heavy atom. The van der Waals surface area contributed by atoms with E-state index in [2.05, 4.69) is 30.9 Å². The van der Waals surface area contributed by atoms with Crippen LogP contribution in [-0.2, 0) is 4.74 Å². The Morgan fingerprint density at radius 3 is 2.41 bits per heavy atom. The topological polar surface area (TPSA) is 31.2 Å². The highest BCUT2D eigenvalue weighted by molar-refractivity contribution is 5.92. The maximum absolute atomic E-state index is 12.7. The van der Waals surface area contributed by atoms with Crippen LogP contribution in [0.15, 0.2) is 79.5 Å². The summed E-state index contributed by atoms with van der Waals surface area (Å²) in [7, 11) is 0. The Morgan fingerprint density at radius 2 is 1.74 bits per heavy atom. The number of hydrogen-bond donors (Lipinski definition) is 0. The molecule has 1 aromatic heterocycles. The molecule has 0 bridgehead atoms. The van der Waals surface area contributed by atoms with E-state index in [-0.39, 0.29) is 12.0 Å². The molecule has 0 amide bonds. The molecular weight excluding hydrogens is 334 g/mol. The van der Waals surface area contributed by atoms with Crippen LogP contribution in [0.2, 0.25) is 0 Å². The van der Waals surface area contributed by atoms with Crippen LogP contribution in [0.25, 0.3) is 17.0 Å². The number of hydrogen-bond acceptors (Lipinski definition) is 2. The first-order valence-electron chi connectivity index (χ1n) is 9.08. The van der Waals surface area contributed by atoms with Gasteiger partial charge in [-0.05, 0) is 38.0 Å². The zero-order chi connectivity index (χ0) is 19.4. The zero-order valence-electron chi connectivity index (χ0n) is 16.1. The van der Waals surface area contributed by atoms with Gasteiger partial charge in [0, 0.05) is 17.5 Å². The van der Waals surface area contributed by atoms with Crippen LogP contribution in [-0.4, -0.2) is 16.3 Å². The molecule has 3 heteroatoms. The smallest absolute Gasteiger partial charge is 0.419 e. The second-order valence-corrected chi connectivity index (χ2v) is 7.48. The van der Waals surface area contributed by atoms with Crippen molar-refractivity contribution in [3.63, 3.8) is 0 Å². The highest BCUT2D eigenvalue weighted by Gasteiger charge is 2.22. The minimum Gasteiger partial charge on any atom is -0.443 e. The van der Waals surface area contributed by atoms with E-state index in [1.807, 2.05) is 75.5 Å². The lowest BCUT2D eigenvalue weighted by Crippen LogP contribution is -2.26. The third kappa shape index (κ3) is 4.37. The summed E-state index contributed by atoms with van der Waals surface area (Å²) < 4.78 is 7.15. The molecular formula is C24H25NO2. The van der Waals surface area contributed by atoms with Crippen molar-refractivity contribution in [1.29, 1.82) is 0 Å². The van der Waals surface area contributed by atoms with E-state index in [9.17, 15) is 4.79 Å². The summed E-state index contributed by atoms with van der Waals surface area (Å²) in [5.41, 5.74) is 2.44. The van der Waals surface area contributed by atoms with Gasteiger partial charge >= 0.3 is 6.09 Å². The second kappa shape index (κ2) is 7.67. The van der Waals surface area contributed by atoms with Gasteiger partial charge in [-0.15, -0.1) is 6.58 Å². The van der Waals surface area contributed by atoms with E-state index in [1.54, 1.807) is 4.57 Å². The highest BCUT2D eigenvalue weighted by atomic mass is 16.6. The fourth-order valence-electron chi connectivity index (χ4n) is 3.02. The predicted molar refractivity (Wildman–Crippen MR) is 112 cm³/mol. The van der Waals surface area contributed by atoms with Gasteiger partial charge < -0.3 is 4.74 Å². The van der Waals surface area contributed by atoms with Crippen molar-refractivity contribution in [2.75, 3.05) is 0 Å². The van der Waals surface area contributed by atoms with Gasteiger partial charge in [0.15, 0.2) is 0 Å². The molecule has 0 aliphatic carbocycles. The number of benzene rings is 2. The van der Waals surface area contributed by atoms with Crippen LogP contribution >= 0.6 is 0 Å². The van der Waals surface area contributed by atoms with Crippen molar-refractivity contribution in [3.05, 3.63) is 90.7 Å². The molecule has 1 atom stereocenters. The van der Waals surface area contributed by atoms with Crippen LogP contribution in [0, 0.1) is 0 Å². The Kier molecular flexibility index (Phi) is 5.31. The van der Waals surface area contributed by atoms with Crippen LogP contribution in [0.5, 0.6) is 0 Å². The zero-order valence-corrected chi connectivity index (χ0v) is 16.1. The fourth-order valence-corrected chi connectivity index (χ4v) is 3.02. The van der Waals surface area contributed by atoms with Crippen molar-refractivity contribution in [2.45, 2.75) is 32.3 Å². The molecule has 3 aromatic rings. The Hall–Kier alpha value is -3.07. The first-order chi connectivity index (χ1) is 12.9. The third-order valence-corrected chi connectivity index (χ3v) is 4.24. The van der Waals surface area contributed by atoms with E-state index in [4.69, 9.17) is 4.74 Å². The number of carbonyl (C=O) groups excluding carboxylic acids is 1. The molecule has 3 nitrogen and oxygen atoms in total. The Labute approximate surface area is 160 Å². The quantitative estimate of drug-likeness (QED) is 0.504. The standard InChI is InChI=1S/C24H25NO2/c1-5-19(16-15-18-11-7-6-8-12-18)21-17-25(23(26)27-24(2,3)4)22-14-10-9-13-20(21)22/h5-17,19H,1H2,2-4H3/b16-15+. The highest BCUT2D eigenvalue weighted by Crippen LogP contribution is 2.30. The molecule has 0 fully saturated rings. The minimum absolute atomic E-state index is 0.0150. The Bertz CT molecular complexity index is 975. The maximum atomic E-state index is 12.7. The van der Waals surface area contributed by atoms with Gasteiger partial charge in [0.2, 0.25) is 0 Å². The largest absolute Gasteiger partial charge is 0.443 e. The van der Waals surface area contributed by atoms with Gasteiger partial charge in [-0.3, -0.25) is 4.57 Å². The summed E-state index contributed by atoms with van der Waals surface area (Å²) in [5, 5.41) is 1.02. The molecule has 0 N–H and O–H groups in total. The molecule has 0 saturated carbocycles. The molecule has 0 aliphatic heterocycles. The van der Waals surface area contributed by atoms with Crippen molar-refractivity contribution in [2.24, 2.45) is 0 Å². The molecule has 0 saturated heterocycles. The molecule has 0 aliphatic rings. The van der Waals surface area contributed by atoms with Crippen molar-refractivity contribution in [1.82, 2.24) is 4.57 Å². The summed E-state index contributed by atoms with van der Waals surface area (Å²) in [6.07, 6.45) is 7.55. The maximum Gasteiger partial charge on any atom is 0.419 e. The number of fused-ring (bicyclic) bond motifs is 1. The lowest BCUT2D eigenvalue weighted by atomic mass is 9.97. The summed E-state index contributed by atoms with van der Waals surface area (Å²) >= 11 is 0. The van der Waals surface area contributed by atoms with E-state index in [0.29, 0.717) is 0 Å². The average Bonchev–Trinajstić information content (AvgIpc) is 3.02. The van der Waals surface area contributed by atoms with Crippen molar-refractivity contribution in [3.8, 4) is 0 Å². The van der Waals surface area contributed by atoms with Crippen LogP contribution in [0.3, 0.4) is 0 Å². The Balaban J connectivity index is 2.02. The number of allylic oxidation sites excluding steroid dienone is 2. The first-order valence-corrected chi connectivity index (χ1v) is 9.08. The molecule has 3 rings (SSSR count). The number of aromatic nitrogens is 1. The predicted octanol–water partition coefficient (Wildman–Crippen LogP) is 6.41. The normalized spacial score (nSPS) is 13.0. The molecule has 1 unspecified atom stereocenters. The number of nitrogens with zero attached hydrogens (tertiary/aromatic N) is 1. The molecule has 2 aromatic carbocycles. The van der Waals surface area contributed by atoms with Crippen LogP contribution in [0.1, 0.15) is 37.8 Å². The van der Waals surface area contributed by atoms with Gasteiger partial charge in [-0.25, -0.2) is 4.79 Å². The second-order valence-electron chi connectivity index (χ2n) is 7.48. The van der Waals surface area contributed by atoms with Gasteiger partial charge in [-0.1, -0.05) is 66.8 Å². The van der Waals surface area contributed by atoms with Gasteiger partial charge in [0.1, 0.15) is 5.60 Å². The van der Waals surface area contributed by atoms with Crippen LogP contribution < -0.4 is 0 Å². The lowest BCUT2D eigenvalue weighted by molar-refractivity contribution is 0.0544. The van der Waals surface area contributed by atoms with Gasteiger partial charge in [0.05, 0.1) is 5.52 Å². The summed E-state index contributed by atoms with van der Waals surface area (Å²) in [6, 6.07) is 18.0. The van der Waals surface area contributed by atoms with Crippen molar-refractivity contribution < 1.29 is 9.53 Å². The van der Waals surface area contributed by atoms with E-state index in [1.165, 1.54) is 0 Å². The SMILES string of the molecule is C=CC(/C=C/c1ccccc1)c1cn(C(=O)OC(C)(C)C)c2ccccc12. The molecule has 27 heavy (non-hydrogen) atoms. The minimum atomic E-state index is -0.548. The van der Waals surface area contributed by atoms with Gasteiger partial charge in [0.25, 0.3) is 0 Å². The summed E-state index contributed by atoms with van der Waals surface area (Å²) in [5.74, 6) is -0.0150. The molecule has 0 radical (unpaired) electrons. The summed E-state index contributed by atoms with van der Waals surface area (Å²) in [6.45, 7) is 9.60. The number of ether oxygens (including phenoxy) is 1.